The highest BCUT2D eigenvalue weighted by Gasteiger charge is 2.46. The smallest absolute Gasteiger partial charge is 0.233 e. The van der Waals surface area contributed by atoms with E-state index in [-0.39, 0.29) is 42.5 Å². The van der Waals surface area contributed by atoms with E-state index in [2.05, 4.69) is 5.32 Å². The molecule has 2 aliphatic rings. The standard InChI is InChI=1S/C19H21ClN2O4/c20-13-5-7-14(8-6-13)26-12-10-21-17(23)9-11-22-18(24)15-3-1-2-4-16(15)19(22)25/h1-2,5-8,15-16H,3-4,9-12H2,(H,21,23)/t15-,16+. The van der Waals surface area contributed by atoms with Crippen molar-refractivity contribution in [1.82, 2.24) is 10.2 Å². The number of benzene rings is 1. The van der Waals surface area contributed by atoms with Gasteiger partial charge in [-0.3, -0.25) is 19.3 Å². The Morgan fingerprint density at radius 1 is 1.12 bits per heavy atom. The molecule has 1 aliphatic heterocycles. The van der Waals surface area contributed by atoms with Gasteiger partial charge >= 0.3 is 0 Å². The Balaban J connectivity index is 1.37. The number of likely N-dealkylation sites (tertiary alicyclic amines) is 1. The van der Waals surface area contributed by atoms with Gasteiger partial charge in [-0.25, -0.2) is 0 Å². The molecule has 26 heavy (non-hydrogen) atoms. The highest BCUT2D eigenvalue weighted by Crippen LogP contribution is 2.34. The Morgan fingerprint density at radius 2 is 1.73 bits per heavy atom. The van der Waals surface area contributed by atoms with Crippen molar-refractivity contribution >= 4 is 29.3 Å². The van der Waals surface area contributed by atoms with Crippen molar-refractivity contribution in [3.05, 3.63) is 41.4 Å². The summed E-state index contributed by atoms with van der Waals surface area (Å²) in [7, 11) is 0. The average Bonchev–Trinajstić information content (AvgIpc) is 2.89. The zero-order chi connectivity index (χ0) is 18.5. The first kappa shape index (κ1) is 18.5. The molecule has 1 saturated heterocycles. The first-order chi connectivity index (χ1) is 12.6. The third-order valence-corrected chi connectivity index (χ3v) is 4.92. The van der Waals surface area contributed by atoms with E-state index in [0.29, 0.717) is 36.8 Å². The van der Waals surface area contributed by atoms with Gasteiger partial charge in [-0.2, -0.15) is 0 Å². The molecule has 1 fully saturated rings. The largest absolute Gasteiger partial charge is 0.492 e. The first-order valence-electron chi connectivity index (χ1n) is 8.71. The van der Waals surface area contributed by atoms with Crippen LogP contribution in [0.15, 0.2) is 36.4 Å². The van der Waals surface area contributed by atoms with Gasteiger partial charge in [0.15, 0.2) is 0 Å². The zero-order valence-corrected chi connectivity index (χ0v) is 15.1. The fourth-order valence-corrected chi connectivity index (χ4v) is 3.41. The number of carbonyl (C=O) groups excluding carboxylic acids is 3. The maximum Gasteiger partial charge on any atom is 0.233 e. The molecule has 0 bridgehead atoms. The van der Waals surface area contributed by atoms with E-state index in [1.54, 1.807) is 24.3 Å². The molecular weight excluding hydrogens is 356 g/mol. The van der Waals surface area contributed by atoms with Gasteiger partial charge in [0.1, 0.15) is 12.4 Å². The van der Waals surface area contributed by atoms with Crippen LogP contribution in [-0.4, -0.2) is 42.3 Å². The number of carbonyl (C=O) groups is 3. The number of nitrogens with zero attached hydrogens (tertiary/aromatic N) is 1. The van der Waals surface area contributed by atoms with Gasteiger partial charge in [-0.15, -0.1) is 0 Å². The number of rotatable bonds is 7. The van der Waals surface area contributed by atoms with Gasteiger partial charge < -0.3 is 10.1 Å². The fraction of sp³-hybridized carbons (Fsp3) is 0.421. The molecule has 1 aromatic carbocycles. The Hall–Kier alpha value is -2.34. The van der Waals surface area contributed by atoms with Crippen molar-refractivity contribution in [3.8, 4) is 5.75 Å². The first-order valence-corrected chi connectivity index (χ1v) is 9.09. The molecule has 138 valence electrons. The highest BCUT2D eigenvalue weighted by atomic mass is 35.5. The second-order valence-electron chi connectivity index (χ2n) is 6.39. The molecule has 1 aliphatic carbocycles. The topological polar surface area (TPSA) is 75.7 Å². The lowest BCUT2D eigenvalue weighted by Gasteiger charge is -2.14. The minimum atomic E-state index is -0.247. The van der Waals surface area contributed by atoms with Crippen LogP contribution >= 0.6 is 11.6 Å². The van der Waals surface area contributed by atoms with E-state index in [0.717, 1.165) is 0 Å². The fourth-order valence-electron chi connectivity index (χ4n) is 3.28. The number of halogens is 1. The number of nitrogens with one attached hydrogen (secondary N) is 1. The monoisotopic (exact) mass is 376 g/mol. The molecule has 1 N–H and O–H groups in total. The molecule has 2 atom stereocenters. The van der Waals surface area contributed by atoms with Crippen molar-refractivity contribution in [1.29, 1.82) is 0 Å². The summed E-state index contributed by atoms with van der Waals surface area (Å²) in [6.45, 7) is 0.803. The Labute approximate surface area is 157 Å². The van der Waals surface area contributed by atoms with E-state index in [4.69, 9.17) is 16.3 Å². The number of fused-ring (bicyclic) bond motifs is 1. The van der Waals surface area contributed by atoms with Crippen molar-refractivity contribution in [2.24, 2.45) is 11.8 Å². The van der Waals surface area contributed by atoms with Crippen LogP contribution in [0.25, 0.3) is 0 Å². The predicted octanol–water partition coefficient (Wildman–Crippen LogP) is 2.18. The minimum Gasteiger partial charge on any atom is -0.492 e. The summed E-state index contributed by atoms with van der Waals surface area (Å²) in [5, 5.41) is 3.36. The number of hydrogen-bond donors (Lipinski definition) is 1. The van der Waals surface area contributed by atoms with Crippen molar-refractivity contribution in [2.45, 2.75) is 19.3 Å². The summed E-state index contributed by atoms with van der Waals surface area (Å²) in [5.74, 6) is -0.329. The molecule has 1 aromatic rings. The van der Waals surface area contributed by atoms with Gasteiger partial charge in [0.2, 0.25) is 17.7 Å². The second-order valence-corrected chi connectivity index (χ2v) is 6.82. The summed E-state index contributed by atoms with van der Waals surface area (Å²) in [5.41, 5.74) is 0. The number of amides is 3. The van der Waals surface area contributed by atoms with Gasteiger partial charge in [0, 0.05) is 18.0 Å². The third-order valence-electron chi connectivity index (χ3n) is 4.67. The molecule has 7 heteroatoms. The van der Waals surface area contributed by atoms with Gasteiger partial charge in [-0.1, -0.05) is 23.8 Å². The molecule has 3 rings (SSSR count). The Morgan fingerprint density at radius 3 is 2.35 bits per heavy atom. The lowest BCUT2D eigenvalue weighted by atomic mass is 9.85. The highest BCUT2D eigenvalue weighted by molar-refractivity contribution is 6.30. The third kappa shape index (κ3) is 4.25. The van der Waals surface area contributed by atoms with Gasteiger partial charge in [0.05, 0.1) is 18.4 Å². The molecule has 3 amide bonds. The number of imide groups is 1. The van der Waals surface area contributed by atoms with Crippen molar-refractivity contribution < 1.29 is 19.1 Å². The molecule has 0 saturated carbocycles. The SMILES string of the molecule is O=C(CCN1C(=O)[C@H]2CC=CC[C@H]2C1=O)NCCOc1ccc(Cl)cc1. The lowest BCUT2D eigenvalue weighted by Crippen LogP contribution is -2.36. The molecule has 1 heterocycles. The quantitative estimate of drug-likeness (QED) is 0.449. The van der Waals surface area contributed by atoms with E-state index in [1.807, 2.05) is 12.2 Å². The minimum absolute atomic E-state index is 0.102. The average molecular weight is 377 g/mol. The summed E-state index contributed by atoms with van der Waals surface area (Å²) >= 11 is 5.80. The molecule has 0 aromatic heterocycles. The van der Waals surface area contributed by atoms with Crippen LogP contribution in [-0.2, 0) is 14.4 Å². The molecule has 0 spiro atoms. The number of ether oxygens (including phenoxy) is 1. The summed E-state index contributed by atoms with van der Waals surface area (Å²) in [6.07, 6.45) is 5.22. The van der Waals surface area contributed by atoms with E-state index < -0.39 is 0 Å². The normalized spacial score (nSPS) is 21.7. The molecule has 6 nitrogen and oxygen atoms in total. The zero-order valence-electron chi connectivity index (χ0n) is 14.3. The van der Waals surface area contributed by atoms with Crippen LogP contribution in [0.5, 0.6) is 5.75 Å². The van der Waals surface area contributed by atoms with E-state index >= 15 is 0 Å². The number of hydrogen-bond acceptors (Lipinski definition) is 4. The predicted molar refractivity (Wildman–Crippen MR) is 96.6 cm³/mol. The molecule has 0 unspecified atom stereocenters. The maximum absolute atomic E-state index is 12.3. The van der Waals surface area contributed by atoms with Gasteiger partial charge in [0.25, 0.3) is 0 Å². The van der Waals surface area contributed by atoms with E-state index in [9.17, 15) is 14.4 Å². The van der Waals surface area contributed by atoms with E-state index in [1.165, 1.54) is 4.90 Å². The second kappa shape index (κ2) is 8.36. The van der Waals surface area contributed by atoms with Crippen molar-refractivity contribution in [2.75, 3.05) is 19.7 Å². The Kier molecular flexibility index (Phi) is 5.93. The van der Waals surface area contributed by atoms with Crippen LogP contribution in [0.1, 0.15) is 19.3 Å². The van der Waals surface area contributed by atoms with Crippen LogP contribution in [0.4, 0.5) is 0 Å². The summed E-state index contributed by atoms with van der Waals surface area (Å²) < 4.78 is 5.49. The Bertz CT molecular complexity index is 691. The van der Waals surface area contributed by atoms with Crippen LogP contribution in [0.2, 0.25) is 5.02 Å². The van der Waals surface area contributed by atoms with Crippen LogP contribution in [0.3, 0.4) is 0 Å². The van der Waals surface area contributed by atoms with Crippen LogP contribution in [0, 0.1) is 11.8 Å². The lowest BCUT2D eigenvalue weighted by molar-refractivity contribution is -0.140. The molecular formula is C19H21ClN2O4. The molecule has 0 radical (unpaired) electrons. The van der Waals surface area contributed by atoms with Crippen molar-refractivity contribution in [3.63, 3.8) is 0 Å². The summed E-state index contributed by atoms with van der Waals surface area (Å²) in [6, 6.07) is 6.96. The van der Waals surface area contributed by atoms with Crippen LogP contribution < -0.4 is 10.1 Å². The maximum atomic E-state index is 12.3. The summed E-state index contributed by atoms with van der Waals surface area (Å²) in [4.78, 5) is 37.8. The van der Waals surface area contributed by atoms with Gasteiger partial charge in [-0.05, 0) is 37.1 Å². The number of allylic oxidation sites excluding steroid dienone is 2.